The number of nitrogens with zero attached hydrogens (tertiary/aromatic N) is 2. The Labute approximate surface area is 116 Å². The molecular formula is C13H17N3O2S. The molecular weight excluding hydrogens is 262 g/mol. The molecule has 6 heteroatoms. The Morgan fingerprint density at radius 3 is 3.05 bits per heavy atom. The van der Waals surface area contributed by atoms with Crippen molar-refractivity contribution in [2.45, 2.75) is 12.6 Å². The van der Waals surface area contributed by atoms with E-state index in [0.717, 1.165) is 16.4 Å². The zero-order chi connectivity index (χ0) is 13.5. The van der Waals surface area contributed by atoms with Crippen molar-refractivity contribution in [1.82, 2.24) is 15.3 Å². The number of thiazole rings is 1. The van der Waals surface area contributed by atoms with Gasteiger partial charge in [-0.25, -0.2) is 4.98 Å². The third kappa shape index (κ3) is 4.07. The molecule has 19 heavy (non-hydrogen) atoms. The summed E-state index contributed by atoms with van der Waals surface area (Å²) in [6.45, 7) is 1.14. The second kappa shape index (κ2) is 7.30. The van der Waals surface area contributed by atoms with Crippen LogP contribution in [0.2, 0.25) is 0 Å². The topological polar surface area (TPSA) is 67.3 Å². The van der Waals surface area contributed by atoms with Crippen LogP contribution in [0.15, 0.2) is 29.8 Å². The Balaban J connectivity index is 1.94. The van der Waals surface area contributed by atoms with Gasteiger partial charge in [-0.3, -0.25) is 4.98 Å². The van der Waals surface area contributed by atoms with Gasteiger partial charge in [-0.05, 0) is 12.1 Å². The predicted octanol–water partition coefficient (Wildman–Crippen LogP) is 1.30. The standard InChI is InChI=1S/C13H17N3O2S/c1-18-8-11(7-17)15-6-10-9-19-13(16-10)12-4-2-3-5-14-12/h2-5,9,11,15,17H,6-8H2,1H3. The van der Waals surface area contributed by atoms with Crippen molar-refractivity contribution in [1.29, 1.82) is 0 Å². The second-order valence-corrected chi connectivity index (χ2v) is 4.93. The van der Waals surface area contributed by atoms with Crippen LogP contribution in [0, 0.1) is 0 Å². The molecule has 2 aromatic heterocycles. The van der Waals surface area contributed by atoms with Gasteiger partial charge in [0.15, 0.2) is 0 Å². The molecule has 0 amide bonds. The summed E-state index contributed by atoms with van der Waals surface area (Å²) in [6.07, 6.45) is 1.76. The fourth-order valence-corrected chi connectivity index (χ4v) is 2.42. The summed E-state index contributed by atoms with van der Waals surface area (Å²) >= 11 is 1.57. The second-order valence-electron chi connectivity index (χ2n) is 4.07. The van der Waals surface area contributed by atoms with Gasteiger partial charge in [-0.15, -0.1) is 11.3 Å². The average Bonchev–Trinajstić information content (AvgIpc) is 2.93. The van der Waals surface area contributed by atoms with Crippen molar-refractivity contribution in [3.8, 4) is 10.7 Å². The third-order valence-electron chi connectivity index (χ3n) is 2.60. The van der Waals surface area contributed by atoms with Crippen molar-refractivity contribution in [2.75, 3.05) is 20.3 Å². The number of rotatable bonds is 7. The number of ether oxygens (including phenoxy) is 1. The molecule has 102 valence electrons. The molecule has 0 saturated carbocycles. The van der Waals surface area contributed by atoms with Gasteiger partial charge in [0.2, 0.25) is 0 Å². The Morgan fingerprint density at radius 2 is 2.37 bits per heavy atom. The van der Waals surface area contributed by atoms with Gasteiger partial charge in [0.05, 0.1) is 30.6 Å². The van der Waals surface area contributed by atoms with E-state index in [4.69, 9.17) is 9.84 Å². The number of aliphatic hydroxyl groups excluding tert-OH is 1. The maximum absolute atomic E-state index is 9.15. The first-order valence-corrected chi connectivity index (χ1v) is 6.90. The van der Waals surface area contributed by atoms with Crippen LogP contribution in [-0.4, -0.2) is 41.4 Å². The molecule has 1 atom stereocenters. The minimum Gasteiger partial charge on any atom is -0.395 e. The third-order valence-corrected chi connectivity index (χ3v) is 3.51. The van der Waals surface area contributed by atoms with Gasteiger partial charge >= 0.3 is 0 Å². The predicted molar refractivity (Wildman–Crippen MR) is 74.9 cm³/mol. The van der Waals surface area contributed by atoms with E-state index in [0.29, 0.717) is 13.2 Å². The summed E-state index contributed by atoms with van der Waals surface area (Å²) < 4.78 is 5.01. The molecule has 5 nitrogen and oxygen atoms in total. The molecule has 0 aromatic carbocycles. The molecule has 0 radical (unpaired) electrons. The molecule has 2 heterocycles. The molecule has 2 N–H and O–H groups in total. The number of hydrogen-bond donors (Lipinski definition) is 2. The van der Waals surface area contributed by atoms with Crippen LogP contribution < -0.4 is 5.32 Å². The summed E-state index contributed by atoms with van der Waals surface area (Å²) in [5, 5.41) is 15.3. The lowest BCUT2D eigenvalue weighted by atomic mass is 10.3. The van der Waals surface area contributed by atoms with Gasteiger partial charge in [-0.1, -0.05) is 6.07 Å². The maximum Gasteiger partial charge on any atom is 0.142 e. The molecule has 0 aliphatic rings. The fraction of sp³-hybridized carbons (Fsp3) is 0.385. The zero-order valence-corrected chi connectivity index (χ0v) is 11.6. The summed E-state index contributed by atoms with van der Waals surface area (Å²) in [5.41, 5.74) is 1.83. The highest BCUT2D eigenvalue weighted by atomic mass is 32.1. The van der Waals surface area contributed by atoms with E-state index < -0.39 is 0 Å². The molecule has 2 rings (SSSR count). The van der Waals surface area contributed by atoms with Crippen molar-refractivity contribution < 1.29 is 9.84 Å². The highest BCUT2D eigenvalue weighted by molar-refractivity contribution is 7.13. The van der Waals surface area contributed by atoms with E-state index in [1.165, 1.54) is 0 Å². The van der Waals surface area contributed by atoms with E-state index in [2.05, 4.69) is 15.3 Å². The van der Waals surface area contributed by atoms with E-state index in [1.54, 1.807) is 24.6 Å². The fourth-order valence-electron chi connectivity index (χ4n) is 1.62. The van der Waals surface area contributed by atoms with Gasteiger partial charge in [-0.2, -0.15) is 0 Å². The molecule has 1 unspecified atom stereocenters. The van der Waals surface area contributed by atoms with Crippen LogP contribution in [0.25, 0.3) is 10.7 Å². The molecule has 0 bridgehead atoms. The lowest BCUT2D eigenvalue weighted by Crippen LogP contribution is -2.35. The largest absolute Gasteiger partial charge is 0.395 e. The molecule has 0 aliphatic carbocycles. The van der Waals surface area contributed by atoms with Crippen LogP contribution in [0.1, 0.15) is 5.69 Å². The van der Waals surface area contributed by atoms with Crippen molar-refractivity contribution in [3.05, 3.63) is 35.5 Å². The quantitative estimate of drug-likeness (QED) is 0.799. The van der Waals surface area contributed by atoms with Crippen LogP contribution in [0.4, 0.5) is 0 Å². The summed E-state index contributed by atoms with van der Waals surface area (Å²) in [5.74, 6) is 0. The monoisotopic (exact) mass is 279 g/mol. The first-order valence-electron chi connectivity index (χ1n) is 6.02. The SMILES string of the molecule is COCC(CO)NCc1csc(-c2ccccn2)n1. The van der Waals surface area contributed by atoms with Crippen molar-refractivity contribution in [3.63, 3.8) is 0 Å². The first kappa shape index (κ1) is 14.1. The van der Waals surface area contributed by atoms with E-state index in [9.17, 15) is 0 Å². The molecule has 0 spiro atoms. The zero-order valence-electron chi connectivity index (χ0n) is 10.7. The van der Waals surface area contributed by atoms with Crippen LogP contribution in [0.5, 0.6) is 0 Å². The Bertz CT molecular complexity index is 490. The maximum atomic E-state index is 9.15. The number of pyridine rings is 1. The van der Waals surface area contributed by atoms with Crippen molar-refractivity contribution in [2.24, 2.45) is 0 Å². The number of nitrogens with one attached hydrogen (secondary N) is 1. The number of methoxy groups -OCH3 is 1. The minimum atomic E-state index is -0.0648. The Morgan fingerprint density at radius 1 is 1.47 bits per heavy atom. The minimum absolute atomic E-state index is 0.0467. The summed E-state index contributed by atoms with van der Waals surface area (Å²) in [6, 6.07) is 5.71. The highest BCUT2D eigenvalue weighted by Gasteiger charge is 2.09. The van der Waals surface area contributed by atoms with E-state index >= 15 is 0 Å². The number of aliphatic hydroxyl groups is 1. The first-order chi connectivity index (χ1) is 9.33. The van der Waals surface area contributed by atoms with Crippen molar-refractivity contribution >= 4 is 11.3 Å². The molecule has 0 saturated heterocycles. The highest BCUT2D eigenvalue weighted by Crippen LogP contribution is 2.21. The van der Waals surface area contributed by atoms with E-state index in [1.807, 2.05) is 23.6 Å². The molecule has 0 fully saturated rings. The van der Waals surface area contributed by atoms with Crippen LogP contribution in [0.3, 0.4) is 0 Å². The lowest BCUT2D eigenvalue weighted by molar-refractivity contribution is 0.128. The van der Waals surface area contributed by atoms with Gasteiger partial charge in [0.1, 0.15) is 5.01 Å². The van der Waals surface area contributed by atoms with Gasteiger partial charge < -0.3 is 15.2 Å². The smallest absolute Gasteiger partial charge is 0.142 e. The number of aromatic nitrogens is 2. The number of hydrogen-bond acceptors (Lipinski definition) is 6. The van der Waals surface area contributed by atoms with E-state index in [-0.39, 0.29) is 12.6 Å². The lowest BCUT2D eigenvalue weighted by Gasteiger charge is -2.13. The molecule has 2 aromatic rings. The molecule has 0 aliphatic heterocycles. The Hall–Kier alpha value is -1.34. The van der Waals surface area contributed by atoms with Crippen LogP contribution in [-0.2, 0) is 11.3 Å². The summed E-state index contributed by atoms with van der Waals surface area (Å²) in [7, 11) is 1.62. The van der Waals surface area contributed by atoms with Gasteiger partial charge in [0.25, 0.3) is 0 Å². The average molecular weight is 279 g/mol. The normalized spacial score (nSPS) is 12.5. The van der Waals surface area contributed by atoms with Gasteiger partial charge in [0, 0.05) is 25.2 Å². The summed E-state index contributed by atoms with van der Waals surface area (Å²) in [4.78, 5) is 8.79. The van der Waals surface area contributed by atoms with Crippen LogP contribution >= 0.6 is 11.3 Å². The Kier molecular flexibility index (Phi) is 5.41.